The fraction of sp³-hybridized carbons (Fsp3) is 0.478. The second-order valence-electron chi connectivity index (χ2n) is 8.08. The Morgan fingerprint density at radius 3 is 2.56 bits per heavy atom. The number of nitrogens with one attached hydrogen (secondary N) is 2. The topological polar surface area (TPSA) is 24.1 Å². The van der Waals surface area contributed by atoms with Crippen LogP contribution in [0.5, 0.6) is 0 Å². The summed E-state index contributed by atoms with van der Waals surface area (Å²) in [5.74, 6) is 0. The lowest BCUT2D eigenvalue weighted by Crippen LogP contribution is -2.28. The molecule has 25 heavy (non-hydrogen) atoms. The molecule has 0 heterocycles. The van der Waals surface area contributed by atoms with Crippen LogP contribution in [0.4, 0.5) is 0 Å². The van der Waals surface area contributed by atoms with Crippen LogP contribution in [0.1, 0.15) is 57.6 Å². The molecule has 2 N–H and O–H groups in total. The molecular formula is C23H34N2. The molecule has 0 fully saturated rings. The highest BCUT2D eigenvalue weighted by Gasteiger charge is 2.18. The van der Waals surface area contributed by atoms with Crippen molar-refractivity contribution in [3.05, 3.63) is 65.4 Å². The van der Waals surface area contributed by atoms with Gasteiger partial charge in [-0.05, 0) is 55.2 Å². The van der Waals surface area contributed by atoms with E-state index in [1.807, 2.05) is 7.05 Å². The summed E-state index contributed by atoms with van der Waals surface area (Å²) in [6, 6.07) is 9.09. The number of allylic oxidation sites excluding steroid dienone is 4. The van der Waals surface area contributed by atoms with E-state index in [-0.39, 0.29) is 5.41 Å². The van der Waals surface area contributed by atoms with Crippen LogP contribution in [0.25, 0.3) is 5.70 Å². The van der Waals surface area contributed by atoms with Crippen molar-refractivity contribution >= 4 is 5.70 Å². The fourth-order valence-electron chi connectivity index (χ4n) is 3.09. The smallest absolute Gasteiger partial charge is 0.0421 e. The van der Waals surface area contributed by atoms with E-state index in [1.54, 1.807) is 0 Å². The van der Waals surface area contributed by atoms with Crippen LogP contribution in [-0.4, -0.2) is 13.1 Å². The molecule has 0 bridgehead atoms. The second kappa shape index (κ2) is 8.42. The van der Waals surface area contributed by atoms with Crippen molar-refractivity contribution in [2.45, 2.75) is 59.4 Å². The Bertz CT molecular complexity index is 659. The summed E-state index contributed by atoms with van der Waals surface area (Å²) in [6.07, 6.45) is 9.13. The number of rotatable bonds is 5. The summed E-state index contributed by atoms with van der Waals surface area (Å²) in [7, 11) is 2.02. The second-order valence-corrected chi connectivity index (χ2v) is 8.08. The van der Waals surface area contributed by atoms with Gasteiger partial charge < -0.3 is 10.6 Å². The van der Waals surface area contributed by atoms with Crippen molar-refractivity contribution < 1.29 is 0 Å². The zero-order chi connectivity index (χ0) is 18.4. The number of benzene rings is 1. The highest BCUT2D eigenvalue weighted by atomic mass is 14.9. The lowest BCUT2D eigenvalue weighted by molar-refractivity contribution is 0.513. The molecule has 1 unspecified atom stereocenters. The van der Waals surface area contributed by atoms with Crippen molar-refractivity contribution in [2.24, 2.45) is 5.41 Å². The van der Waals surface area contributed by atoms with Gasteiger partial charge in [0, 0.05) is 30.0 Å². The van der Waals surface area contributed by atoms with Crippen LogP contribution in [-0.2, 0) is 0 Å². The molecule has 2 rings (SSSR count). The largest absolute Gasteiger partial charge is 0.392 e. The molecule has 0 aliphatic heterocycles. The minimum absolute atomic E-state index is 0.0694. The van der Waals surface area contributed by atoms with E-state index in [0.29, 0.717) is 6.04 Å². The van der Waals surface area contributed by atoms with Gasteiger partial charge in [0.25, 0.3) is 0 Å². The van der Waals surface area contributed by atoms with E-state index < -0.39 is 0 Å². The van der Waals surface area contributed by atoms with E-state index in [4.69, 9.17) is 0 Å². The first kappa shape index (κ1) is 19.4. The highest BCUT2D eigenvalue weighted by molar-refractivity contribution is 5.69. The fourth-order valence-corrected chi connectivity index (χ4v) is 3.09. The molecule has 0 aromatic heterocycles. The zero-order valence-electron chi connectivity index (χ0n) is 16.6. The van der Waals surface area contributed by atoms with Crippen LogP contribution in [0.2, 0.25) is 0 Å². The first-order valence-corrected chi connectivity index (χ1v) is 9.41. The monoisotopic (exact) mass is 338 g/mol. The maximum Gasteiger partial charge on any atom is 0.0421 e. The summed E-state index contributed by atoms with van der Waals surface area (Å²) < 4.78 is 0. The third-order valence-electron chi connectivity index (χ3n) is 5.07. The minimum Gasteiger partial charge on any atom is -0.392 e. The van der Waals surface area contributed by atoms with Crippen LogP contribution < -0.4 is 10.6 Å². The van der Waals surface area contributed by atoms with E-state index in [2.05, 4.69) is 81.3 Å². The molecule has 0 radical (unpaired) electrons. The van der Waals surface area contributed by atoms with Gasteiger partial charge >= 0.3 is 0 Å². The van der Waals surface area contributed by atoms with Crippen molar-refractivity contribution in [1.29, 1.82) is 0 Å². The Hall–Kier alpha value is -1.96. The summed E-state index contributed by atoms with van der Waals surface area (Å²) in [6.45, 7) is 13.2. The van der Waals surface area contributed by atoms with Crippen LogP contribution >= 0.6 is 0 Å². The van der Waals surface area contributed by atoms with Crippen molar-refractivity contribution in [3.63, 3.8) is 0 Å². The van der Waals surface area contributed by atoms with Crippen LogP contribution in [0, 0.1) is 12.3 Å². The lowest BCUT2D eigenvalue weighted by Gasteiger charge is -2.25. The SMILES string of the molecule is C=C(/C=C(/NC1CCC=C(NC)CC1)c1ccccc1C)C(C)(C)C. The maximum atomic E-state index is 4.32. The van der Waals surface area contributed by atoms with Gasteiger partial charge in [-0.1, -0.05) is 57.7 Å². The standard InChI is InChI=1S/C23H34N2/c1-17-10-7-8-13-21(17)22(16-18(2)23(3,4)5)25-20-12-9-11-19(24-6)14-15-20/h7-8,10-11,13,16,20,24-25H,2,9,12,14-15H2,1,3-6H3/b22-16+. The van der Waals surface area contributed by atoms with Gasteiger partial charge in [-0.15, -0.1) is 0 Å². The number of hydrogen-bond acceptors (Lipinski definition) is 2. The molecule has 2 heteroatoms. The first-order valence-electron chi connectivity index (χ1n) is 9.41. The molecule has 0 saturated carbocycles. The third-order valence-corrected chi connectivity index (χ3v) is 5.07. The summed E-state index contributed by atoms with van der Waals surface area (Å²) in [5, 5.41) is 7.16. The first-order chi connectivity index (χ1) is 11.8. The van der Waals surface area contributed by atoms with Gasteiger partial charge in [0.2, 0.25) is 0 Å². The van der Waals surface area contributed by atoms with Crippen LogP contribution in [0.15, 0.2) is 54.3 Å². The zero-order valence-corrected chi connectivity index (χ0v) is 16.6. The quantitative estimate of drug-likeness (QED) is 0.685. The van der Waals surface area contributed by atoms with Gasteiger partial charge in [0.15, 0.2) is 0 Å². The molecule has 1 aromatic rings. The van der Waals surface area contributed by atoms with Crippen LogP contribution in [0.3, 0.4) is 0 Å². The van der Waals surface area contributed by atoms with Gasteiger partial charge in [0.05, 0.1) is 0 Å². The molecule has 2 nitrogen and oxygen atoms in total. The summed E-state index contributed by atoms with van der Waals surface area (Å²) >= 11 is 0. The number of aryl methyl sites for hydroxylation is 1. The minimum atomic E-state index is 0.0694. The molecule has 136 valence electrons. The average molecular weight is 339 g/mol. The Morgan fingerprint density at radius 1 is 1.20 bits per heavy atom. The molecule has 0 amide bonds. The molecule has 1 aromatic carbocycles. The normalized spacial score (nSPS) is 19.0. The van der Waals surface area contributed by atoms with E-state index in [1.165, 1.54) is 22.5 Å². The van der Waals surface area contributed by atoms with E-state index in [0.717, 1.165) is 31.3 Å². The Balaban J connectivity index is 2.26. The Labute approximate surface area is 154 Å². The highest BCUT2D eigenvalue weighted by Crippen LogP contribution is 2.29. The Morgan fingerprint density at radius 2 is 1.92 bits per heavy atom. The third kappa shape index (κ3) is 5.52. The lowest BCUT2D eigenvalue weighted by atomic mass is 9.86. The molecule has 0 saturated heterocycles. The molecule has 1 atom stereocenters. The summed E-state index contributed by atoms with van der Waals surface area (Å²) in [4.78, 5) is 0. The average Bonchev–Trinajstić information content (AvgIpc) is 2.79. The van der Waals surface area contributed by atoms with Gasteiger partial charge in [0.1, 0.15) is 0 Å². The molecule has 1 aliphatic carbocycles. The molecular weight excluding hydrogens is 304 g/mol. The predicted molar refractivity (Wildman–Crippen MR) is 110 cm³/mol. The van der Waals surface area contributed by atoms with Crippen molar-refractivity contribution in [1.82, 2.24) is 10.6 Å². The van der Waals surface area contributed by atoms with Crippen molar-refractivity contribution in [2.75, 3.05) is 7.05 Å². The number of hydrogen-bond donors (Lipinski definition) is 2. The maximum absolute atomic E-state index is 4.32. The van der Waals surface area contributed by atoms with Gasteiger partial charge in [-0.25, -0.2) is 0 Å². The molecule has 1 aliphatic rings. The van der Waals surface area contributed by atoms with E-state index in [9.17, 15) is 0 Å². The van der Waals surface area contributed by atoms with Gasteiger partial charge in [-0.3, -0.25) is 0 Å². The predicted octanol–water partition coefficient (Wildman–Crippen LogP) is 5.57. The Kier molecular flexibility index (Phi) is 6.52. The van der Waals surface area contributed by atoms with Crippen molar-refractivity contribution in [3.8, 4) is 0 Å². The van der Waals surface area contributed by atoms with Gasteiger partial charge in [-0.2, -0.15) is 0 Å². The van der Waals surface area contributed by atoms with E-state index >= 15 is 0 Å². The summed E-state index contributed by atoms with van der Waals surface area (Å²) in [5.41, 5.74) is 6.37. The molecule has 0 spiro atoms.